The van der Waals surface area contributed by atoms with Gasteiger partial charge in [0.15, 0.2) is 0 Å². The molecule has 0 saturated carbocycles. The lowest BCUT2D eigenvalue weighted by atomic mass is 10.0. The van der Waals surface area contributed by atoms with Crippen molar-refractivity contribution in [3.05, 3.63) is 65.7 Å². The van der Waals surface area contributed by atoms with E-state index in [1.54, 1.807) is 11.1 Å². The van der Waals surface area contributed by atoms with Gasteiger partial charge in [-0.3, -0.25) is 0 Å². The molecule has 23 heavy (non-hydrogen) atoms. The minimum absolute atomic E-state index is 0.610. The summed E-state index contributed by atoms with van der Waals surface area (Å²) in [6, 6.07) is 20.6. The molecule has 122 valence electrons. The molecule has 1 aliphatic rings. The molecule has 0 amide bonds. The smallest absolute Gasteiger partial charge is 0.0370 e. The Hall–Kier alpha value is -1.76. The van der Waals surface area contributed by atoms with Crippen LogP contribution in [0.3, 0.4) is 0 Å². The summed E-state index contributed by atoms with van der Waals surface area (Å²) < 4.78 is 0. The van der Waals surface area contributed by atoms with Crippen molar-refractivity contribution < 1.29 is 0 Å². The minimum Gasteiger partial charge on any atom is -0.368 e. The van der Waals surface area contributed by atoms with Gasteiger partial charge in [-0.15, -0.1) is 0 Å². The predicted molar refractivity (Wildman–Crippen MR) is 100 cm³/mol. The first-order valence-electron chi connectivity index (χ1n) is 9.16. The third-order valence-electron chi connectivity index (χ3n) is 5.12. The second-order valence-corrected chi connectivity index (χ2v) is 7.07. The van der Waals surface area contributed by atoms with Gasteiger partial charge in [0.05, 0.1) is 0 Å². The molecule has 0 heterocycles. The molecule has 0 spiro atoms. The number of para-hydroxylation sites is 1. The molecular formula is C22H29N. The SMILES string of the molecule is CCCCC(C)CN(c1ccccc1)C1Cc2ccccc2C1. The molecule has 1 unspecified atom stereocenters. The van der Waals surface area contributed by atoms with Gasteiger partial charge in [0, 0.05) is 18.3 Å². The first-order chi connectivity index (χ1) is 11.3. The molecule has 3 rings (SSSR count). The first-order valence-corrected chi connectivity index (χ1v) is 9.16. The van der Waals surface area contributed by atoms with Crippen LogP contribution in [0.4, 0.5) is 5.69 Å². The second kappa shape index (κ2) is 7.68. The summed E-state index contributed by atoms with van der Waals surface area (Å²) in [5, 5.41) is 0. The van der Waals surface area contributed by atoms with Gasteiger partial charge >= 0.3 is 0 Å². The van der Waals surface area contributed by atoms with Crippen LogP contribution in [0.25, 0.3) is 0 Å². The van der Waals surface area contributed by atoms with Crippen LogP contribution in [0.5, 0.6) is 0 Å². The maximum atomic E-state index is 2.67. The van der Waals surface area contributed by atoms with Crippen LogP contribution in [-0.2, 0) is 12.8 Å². The Bertz CT molecular complexity index is 579. The average molecular weight is 307 g/mol. The van der Waals surface area contributed by atoms with E-state index < -0.39 is 0 Å². The Kier molecular flexibility index (Phi) is 5.38. The molecule has 1 nitrogen and oxygen atoms in total. The van der Waals surface area contributed by atoms with Crippen LogP contribution >= 0.6 is 0 Å². The van der Waals surface area contributed by atoms with Gasteiger partial charge < -0.3 is 4.90 Å². The monoisotopic (exact) mass is 307 g/mol. The quantitative estimate of drug-likeness (QED) is 0.654. The van der Waals surface area contributed by atoms with Crippen molar-refractivity contribution in [2.24, 2.45) is 5.92 Å². The van der Waals surface area contributed by atoms with Crippen LogP contribution < -0.4 is 4.90 Å². The normalized spacial score (nSPS) is 15.4. The summed E-state index contributed by atoms with van der Waals surface area (Å²) in [4.78, 5) is 2.67. The topological polar surface area (TPSA) is 3.24 Å². The number of fused-ring (bicyclic) bond motifs is 1. The van der Waals surface area contributed by atoms with Crippen LogP contribution in [-0.4, -0.2) is 12.6 Å². The molecule has 1 heteroatoms. The van der Waals surface area contributed by atoms with Crippen LogP contribution in [0.1, 0.15) is 44.2 Å². The maximum absolute atomic E-state index is 2.67. The molecule has 2 aromatic carbocycles. The van der Waals surface area contributed by atoms with Crippen molar-refractivity contribution in [1.29, 1.82) is 0 Å². The van der Waals surface area contributed by atoms with Gasteiger partial charge in [-0.1, -0.05) is 69.2 Å². The van der Waals surface area contributed by atoms with E-state index >= 15 is 0 Å². The lowest BCUT2D eigenvalue weighted by Crippen LogP contribution is -2.39. The van der Waals surface area contributed by atoms with E-state index in [1.165, 1.54) is 44.3 Å². The van der Waals surface area contributed by atoms with Crippen molar-refractivity contribution in [3.8, 4) is 0 Å². The molecule has 0 aliphatic heterocycles. The van der Waals surface area contributed by atoms with E-state index in [4.69, 9.17) is 0 Å². The number of unbranched alkanes of at least 4 members (excludes halogenated alkanes) is 1. The second-order valence-electron chi connectivity index (χ2n) is 7.07. The van der Waals surface area contributed by atoms with Gasteiger partial charge in [-0.25, -0.2) is 0 Å². The number of benzene rings is 2. The van der Waals surface area contributed by atoms with E-state index in [-0.39, 0.29) is 0 Å². The molecule has 1 atom stereocenters. The Labute approximate surface area is 141 Å². The molecule has 0 aromatic heterocycles. The molecule has 0 N–H and O–H groups in total. The highest BCUT2D eigenvalue weighted by Crippen LogP contribution is 2.30. The van der Waals surface area contributed by atoms with Crippen LogP contribution in [0.15, 0.2) is 54.6 Å². The largest absolute Gasteiger partial charge is 0.368 e. The third-order valence-corrected chi connectivity index (χ3v) is 5.12. The summed E-state index contributed by atoms with van der Waals surface area (Å²) in [5.41, 5.74) is 4.47. The molecule has 0 radical (unpaired) electrons. The van der Waals surface area contributed by atoms with Gasteiger partial charge in [-0.05, 0) is 48.4 Å². The summed E-state index contributed by atoms with van der Waals surface area (Å²) in [6.45, 7) is 5.87. The zero-order valence-electron chi connectivity index (χ0n) is 14.5. The fraction of sp³-hybridized carbons (Fsp3) is 0.455. The summed E-state index contributed by atoms with van der Waals surface area (Å²) in [7, 11) is 0. The molecule has 0 fully saturated rings. The molecule has 2 aromatic rings. The zero-order chi connectivity index (χ0) is 16.1. The molecule has 1 aliphatic carbocycles. The fourth-order valence-corrected chi connectivity index (χ4v) is 3.82. The highest BCUT2D eigenvalue weighted by molar-refractivity contribution is 5.49. The Morgan fingerprint density at radius 1 is 0.957 bits per heavy atom. The van der Waals surface area contributed by atoms with Crippen molar-refractivity contribution in [1.82, 2.24) is 0 Å². The molecule has 0 bridgehead atoms. The number of nitrogens with zero attached hydrogens (tertiary/aromatic N) is 1. The van der Waals surface area contributed by atoms with Crippen molar-refractivity contribution in [3.63, 3.8) is 0 Å². The van der Waals surface area contributed by atoms with Crippen molar-refractivity contribution in [2.45, 2.75) is 52.0 Å². The summed E-state index contributed by atoms with van der Waals surface area (Å²) in [5.74, 6) is 0.749. The van der Waals surface area contributed by atoms with Crippen LogP contribution in [0.2, 0.25) is 0 Å². The maximum Gasteiger partial charge on any atom is 0.0370 e. The van der Waals surface area contributed by atoms with Crippen molar-refractivity contribution >= 4 is 5.69 Å². The van der Waals surface area contributed by atoms with Gasteiger partial charge in [0.2, 0.25) is 0 Å². The minimum atomic E-state index is 0.610. The standard InChI is InChI=1S/C22H29N/c1-3-4-10-18(2)17-23(21-13-6-5-7-14-21)22-15-19-11-8-9-12-20(19)16-22/h5-9,11-14,18,22H,3-4,10,15-17H2,1-2H3. The zero-order valence-corrected chi connectivity index (χ0v) is 14.5. The predicted octanol–water partition coefficient (Wildman–Crippen LogP) is 5.49. The third kappa shape index (κ3) is 3.96. The molecule has 0 saturated heterocycles. The lowest BCUT2D eigenvalue weighted by molar-refractivity contribution is 0.469. The van der Waals surface area contributed by atoms with E-state index in [0.717, 1.165) is 5.92 Å². The van der Waals surface area contributed by atoms with E-state index in [2.05, 4.69) is 73.3 Å². The van der Waals surface area contributed by atoms with E-state index in [9.17, 15) is 0 Å². The van der Waals surface area contributed by atoms with E-state index in [1.807, 2.05) is 0 Å². The lowest BCUT2D eigenvalue weighted by Gasteiger charge is -2.33. The van der Waals surface area contributed by atoms with Crippen LogP contribution in [0, 0.1) is 5.92 Å². The number of hydrogen-bond donors (Lipinski definition) is 0. The summed E-state index contributed by atoms with van der Waals surface area (Å²) in [6.07, 6.45) is 6.34. The van der Waals surface area contributed by atoms with Gasteiger partial charge in [0.25, 0.3) is 0 Å². The summed E-state index contributed by atoms with van der Waals surface area (Å²) >= 11 is 0. The highest BCUT2D eigenvalue weighted by atomic mass is 15.2. The fourth-order valence-electron chi connectivity index (χ4n) is 3.82. The Morgan fingerprint density at radius 3 is 2.17 bits per heavy atom. The van der Waals surface area contributed by atoms with Gasteiger partial charge in [-0.2, -0.15) is 0 Å². The molecular weight excluding hydrogens is 278 g/mol. The Morgan fingerprint density at radius 2 is 1.57 bits per heavy atom. The average Bonchev–Trinajstić information content (AvgIpc) is 3.02. The number of anilines is 1. The Balaban J connectivity index is 1.76. The van der Waals surface area contributed by atoms with Crippen molar-refractivity contribution in [2.75, 3.05) is 11.4 Å². The highest BCUT2D eigenvalue weighted by Gasteiger charge is 2.27. The number of rotatable bonds is 7. The van der Waals surface area contributed by atoms with E-state index in [0.29, 0.717) is 6.04 Å². The number of hydrogen-bond acceptors (Lipinski definition) is 1. The first kappa shape index (κ1) is 16.1. The van der Waals surface area contributed by atoms with Gasteiger partial charge in [0.1, 0.15) is 0 Å².